The van der Waals surface area contributed by atoms with Gasteiger partial charge in [-0.1, -0.05) is 12.1 Å². The number of benzene rings is 1. The number of carbonyl (C=O) groups excluding carboxylic acids is 1. The van der Waals surface area contributed by atoms with E-state index in [4.69, 9.17) is 0 Å². The van der Waals surface area contributed by atoms with Crippen LogP contribution >= 0.6 is 0 Å². The molecule has 0 aromatic heterocycles. The molecule has 1 amide bonds. The molecular weight excluding hydrogens is 257 g/mol. The van der Waals surface area contributed by atoms with E-state index in [9.17, 15) is 9.18 Å². The Kier molecular flexibility index (Phi) is 5.09. The van der Waals surface area contributed by atoms with Gasteiger partial charge in [0, 0.05) is 25.7 Å². The summed E-state index contributed by atoms with van der Waals surface area (Å²) in [4.78, 5) is 14.2. The minimum absolute atomic E-state index is 0.0101. The van der Waals surface area contributed by atoms with Crippen LogP contribution in [-0.4, -0.2) is 43.0 Å². The van der Waals surface area contributed by atoms with Crippen LogP contribution in [0.5, 0.6) is 0 Å². The second kappa shape index (κ2) is 6.81. The van der Waals surface area contributed by atoms with Gasteiger partial charge in [0.15, 0.2) is 0 Å². The lowest BCUT2D eigenvalue weighted by atomic mass is 10.1. The third kappa shape index (κ3) is 4.28. The Bertz CT molecular complexity index is 449. The Morgan fingerprint density at radius 3 is 2.85 bits per heavy atom. The number of nitrogens with one attached hydrogen (secondary N) is 2. The van der Waals surface area contributed by atoms with Gasteiger partial charge in [-0.15, -0.1) is 0 Å². The Balaban J connectivity index is 1.83. The van der Waals surface area contributed by atoms with Gasteiger partial charge in [-0.25, -0.2) is 4.39 Å². The smallest absolute Gasteiger partial charge is 0.234 e. The number of nitrogens with zero attached hydrogens (tertiary/aromatic N) is 1. The zero-order chi connectivity index (χ0) is 14.5. The number of rotatable bonds is 4. The molecule has 2 N–H and O–H groups in total. The first-order chi connectivity index (χ1) is 9.54. The van der Waals surface area contributed by atoms with Crippen LogP contribution < -0.4 is 10.6 Å². The van der Waals surface area contributed by atoms with Gasteiger partial charge in [0.2, 0.25) is 5.91 Å². The first-order valence-corrected chi connectivity index (χ1v) is 7.05. The number of carbonyl (C=O) groups is 1. The summed E-state index contributed by atoms with van der Waals surface area (Å²) >= 11 is 0. The normalized spacial score (nSPS) is 21.4. The number of halogens is 1. The third-order valence-corrected chi connectivity index (χ3v) is 3.57. The number of piperazine rings is 1. The molecule has 20 heavy (non-hydrogen) atoms. The molecule has 0 bridgehead atoms. The molecule has 2 rings (SSSR count). The lowest BCUT2D eigenvalue weighted by Gasteiger charge is -2.31. The van der Waals surface area contributed by atoms with Crippen molar-refractivity contribution >= 4 is 5.91 Å². The van der Waals surface area contributed by atoms with Crippen LogP contribution in [0.4, 0.5) is 4.39 Å². The first kappa shape index (κ1) is 14.9. The monoisotopic (exact) mass is 279 g/mol. The van der Waals surface area contributed by atoms with Gasteiger partial charge >= 0.3 is 0 Å². The highest BCUT2D eigenvalue weighted by Gasteiger charge is 2.18. The minimum Gasteiger partial charge on any atom is -0.348 e. The molecule has 1 aliphatic rings. The van der Waals surface area contributed by atoms with E-state index in [-0.39, 0.29) is 17.8 Å². The molecule has 1 fully saturated rings. The molecule has 1 saturated heterocycles. The Morgan fingerprint density at radius 2 is 2.20 bits per heavy atom. The molecule has 2 unspecified atom stereocenters. The van der Waals surface area contributed by atoms with Crippen molar-refractivity contribution in [3.05, 3.63) is 35.6 Å². The van der Waals surface area contributed by atoms with E-state index in [1.165, 1.54) is 12.1 Å². The quantitative estimate of drug-likeness (QED) is 0.873. The van der Waals surface area contributed by atoms with E-state index in [0.717, 1.165) is 25.2 Å². The second-order valence-electron chi connectivity index (χ2n) is 5.43. The van der Waals surface area contributed by atoms with Gasteiger partial charge < -0.3 is 10.6 Å². The molecule has 0 spiro atoms. The summed E-state index contributed by atoms with van der Waals surface area (Å²) in [5.41, 5.74) is 0.911. The van der Waals surface area contributed by atoms with Crippen molar-refractivity contribution in [2.75, 3.05) is 26.2 Å². The first-order valence-electron chi connectivity index (χ1n) is 7.05. The van der Waals surface area contributed by atoms with E-state index in [0.29, 0.717) is 12.6 Å². The predicted molar refractivity (Wildman–Crippen MR) is 76.9 cm³/mol. The average Bonchev–Trinajstić information content (AvgIpc) is 2.39. The fraction of sp³-hybridized carbons (Fsp3) is 0.533. The molecule has 110 valence electrons. The topological polar surface area (TPSA) is 44.4 Å². The Morgan fingerprint density at radius 1 is 1.50 bits per heavy atom. The molecule has 1 aliphatic heterocycles. The molecule has 2 atom stereocenters. The highest BCUT2D eigenvalue weighted by Crippen LogP contribution is 2.12. The summed E-state index contributed by atoms with van der Waals surface area (Å²) in [6, 6.07) is 6.54. The van der Waals surface area contributed by atoms with E-state index < -0.39 is 0 Å². The van der Waals surface area contributed by atoms with Crippen LogP contribution in [0, 0.1) is 5.82 Å². The summed E-state index contributed by atoms with van der Waals surface area (Å²) in [6.07, 6.45) is 0. The fourth-order valence-electron chi connectivity index (χ4n) is 2.48. The lowest BCUT2D eigenvalue weighted by molar-refractivity contribution is -0.123. The molecule has 4 nitrogen and oxygen atoms in total. The number of hydrogen-bond acceptors (Lipinski definition) is 3. The summed E-state index contributed by atoms with van der Waals surface area (Å²) < 4.78 is 12.9. The standard InChI is InChI=1S/C15H22FN3O/c1-11-9-19(8-7-17-11)10-15(20)18-12(2)13-3-5-14(16)6-4-13/h3-6,11-12,17H,7-10H2,1-2H3,(H,18,20). The van der Waals surface area contributed by atoms with E-state index in [1.807, 2.05) is 6.92 Å². The molecule has 0 aliphatic carbocycles. The van der Waals surface area contributed by atoms with Crippen LogP contribution in [0.2, 0.25) is 0 Å². The fourth-order valence-corrected chi connectivity index (χ4v) is 2.48. The largest absolute Gasteiger partial charge is 0.348 e. The summed E-state index contributed by atoms with van der Waals surface area (Å²) in [5.74, 6) is -0.252. The van der Waals surface area contributed by atoms with Crippen molar-refractivity contribution < 1.29 is 9.18 Å². The summed E-state index contributed by atoms with van der Waals surface area (Å²) in [6.45, 7) is 7.14. The van der Waals surface area contributed by atoms with E-state index in [2.05, 4.69) is 22.5 Å². The average molecular weight is 279 g/mol. The molecule has 0 saturated carbocycles. The van der Waals surface area contributed by atoms with Crippen molar-refractivity contribution in [3.63, 3.8) is 0 Å². The molecule has 1 heterocycles. The zero-order valence-corrected chi connectivity index (χ0v) is 12.0. The van der Waals surface area contributed by atoms with Gasteiger partial charge in [-0.2, -0.15) is 0 Å². The number of amides is 1. The van der Waals surface area contributed by atoms with Crippen LogP contribution in [0.15, 0.2) is 24.3 Å². The van der Waals surface area contributed by atoms with Crippen molar-refractivity contribution in [1.82, 2.24) is 15.5 Å². The molecule has 5 heteroatoms. The van der Waals surface area contributed by atoms with Crippen molar-refractivity contribution in [2.45, 2.75) is 25.9 Å². The number of hydrogen-bond donors (Lipinski definition) is 2. The van der Waals surface area contributed by atoms with Gasteiger partial charge in [0.1, 0.15) is 5.82 Å². The second-order valence-corrected chi connectivity index (χ2v) is 5.43. The Hall–Kier alpha value is -1.46. The maximum Gasteiger partial charge on any atom is 0.234 e. The zero-order valence-electron chi connectivity index (χ0n) is 12.0. The van der Waals surface area contributed by atoms with E-state index >= 15 is 0 Å². The van der Waals surface area contributed by atoms with Crippen molar-refractivity contribution in [3.8, 4) is 0 Å². The molecule has 1 aromatic rings. The van der Waals surface area contributed by atoms with Crippen LogP contribution in [0.25, 0.3) is 0 Å². The minimum atomic E-state index is -0.262. The highest BCUT2D eigenvalue weighted by atomic mass is 19.1. The molecule has 0 radical (unpaired) electrons. The van der Waals surface area contributed by atoms with Crippen LogP contribution in [-0.2, 0) is 4.79 Å². The Labute approximate surface area is 119 Å². The maximum atomic E-state index is 12.9. The summed E-state index contributed by atoms with van der Waals surface area (Å²) in [7, 11) is 0. The van der Waals surface area contributed by atoms with Crippen LogP contribution in [0.1, 0.15) is 25.5 Å². The van der Waals surface area contributed by atoms with E-state index in [1.54, 1.807) is 12.1 Å². The van der Waals surface area contributed by atoms with Crippen molar-refractivity contribution in [2.24, 2.45) is 0 Å². The SMILES string of the molecule is CC1CN(CC(=O)NC(C)c2ccc(F)cc2)CCN1. The predicted octanol–water partition coefficient (Wildman–Crippen LogP) is 1.30. The molecular formula is C15H22FN3O. The molecule has 1 aromatic carbocycles. The highest BCUT2D eigenvalue weighted by molar-refractivity contribution is 5.78. The van der Waals surface area contributed by atoms with Gasteiger partial charge in [-0.05, 0) is 31.5 Å². The third-order valence-electron chi connectivity index (χ3n) is 3.57. The maximum absolute atomic E-state index is 12.9. The summed E-state index contributed by atoms with van der Waals surface area (Å²) in [5, 5.41) is 6.30. The van der Waals surface area contributed by atoms with Gasteiger partial charge in [0.25, 0.3) is 0 Å². The van der Waals surface area contributed by atoms with Crippen LogP contribution in [0.3, 0.4) is 0 Å². The van der Waals surface area contributed by atoms with Gasteiger partial charge in [0.05, 0.1) is 12.6 Å². The lowest BCUT2D eigenvalue weighted by Crippen LogP contribution is -2.51. The van der Waals surface area contributed by atoms with Gasteiger partial charge in [-0.3, -0.25) is 9.69 Å². The van der Waals surface area contributed by atoms with Crippen molar-refractivity contribution in [1.29, 1.82) is 0 Å².